The molecule has 3 rings (SSSR count). The Morgan fingerprint density at radius 2 is 2.17 bits per heavy atom. The van der Waals surface area contributed by atoms with Gasteiger partial charge in [0.1, 0.15) is 5.67 Å². The first kappa shape index (κ1) is 13.2. The lowest BCUT2D eigenvalue weighted by atomic mass is 9.73. The van der Waals surface area contributed by atoms with Crippen molar-refractivity contribution in [2.24, 2.45) is 5.92 Å². The smallest absolute Gasteiger partial charge is 0.115 e. The molecule has 0 bridgehead atoms. The second-order valence-corrected chi connectivity index (χ2v) is 7.27. The minimum absolute atomic E-state index is 0.0202. The molecular weight excluding hydrogens is 249 g/mol. The Labute approximate surface area is 113 Å². The minimum atomic E-state index is -0.937. The highest BCUT2D eigenvalue weighted by atomic mass is 32.2. The number of ether oxygens (including phenoxy) is 1. The van der Waals surface area contributed by atoms with Crippen LogP contribution in [-0.4, -0.2) is 42.5 Å². The predicted molar refractivity (Wildman–Crippen MR) is 73.9 cm³/mol. The molecule has 0 amide bonds. The van der Waals surface area contributed by atoms with Crippen LogP contribution < -0.4 is 5.32 Å². The first-order valence-corrected chi connectivity index (χ1v) is 8.49. The van der Waals surface area contributed by atoms with E-state index in [1.165, 1.54) is 5.75 Å². The maximum atomic E-state index is 15.3. The van der Waals surface area contributed by atoms with Crippen molar-refractivity contribution in [1.29, 1.82) is 0 Å². The molecule has 2 nitrogen and oxygen atoms in total. The molecule has 0 radical (unpaired) electrons. The minimum Gasteiger partial charge on any atom is -0.374 e. The van der Waals surface area contributed by atoms with Crippen molar-refractivity contribution >= 4 is 11.8 Å². The fraction of sp³-hybridized carbons (Fsp3) is 1.00. The molecule has 0 aromatic carbocycles. The molecule has 3 aliphatic rings. The van der Waals surface area contributed by atoms with Gasteiger partial charge in [-0.2, -0.15) is 11.8 Å². The molecule has 1 N–H and O–H groups in total. The molecule has 0 aromatic heterocycles. The summed E-state index contributed by atoms with van der Waals surface area (Å²) in [4.78, 5) is 0. The van der Waals surface area contributed by atoms with E-state index in [1.54, 1.807) is 0 Å². The van der Waals surface area contributed by atoms with Gasteiger partial charge in [-0.1, -0.05) is 0 Å². The molecule has 1 spiro atoms. The van der Waals surface area contributed by atoms with Crippen LogP contribution in [0.5, 0.6) is 0 Å². The summed E-state index contributed by atoms with van der Waals surface area (Å²) in [5.74, 6) is 2.50. The van der Waals surface area contributed by atoms with Crippen molar-refractivity contribution < 1.29 is 9.13 Å². The lowest BCUT2D eigenvalue weighted by Gasteiger charge is -2.43. The van der Waals surface area contributed by atoms with Crippen LogP contribution in [-0.2, 0) is 4.74 Å². The van der Waals surface area contributed by atoms with Crippen LogP contribution in [0.2, 0.25) is 0 Å². The third-order valence-electron chi connectivity index (χ3n) is 4.96. The second-order valence-electron chi connectivity index (χ2n) is 6.16. The van der Waals surface area contributed by atoms with Crippen LogP contribution in [0.3, 0.4) is 0 Å². The van der Waals surface area contributed by atoms with Gasteiger partial charge in [-0.15, -0.1) is 0 Å². The molecule has 0 aromatic rings. The highest BCUT2D eigenvalue weighted by Gasteiger charge is 2.48. The predicted octanol–water partition coefficient (Wildman–Crippen LogP) is 2.77. The van der Waals surface area contributed by atoms with Crippen molar-refractivity contribution in [3.05, 3.63) is 0 Å². The summed E-state index contributed by atoms with van der Waals surface area (Å²) in [6, 6.07) is 0. The van der Waals surface area contributed by atoms with E-state index < -0.39 is 5.67 Å². The number of alkyl halides is 1. The van der Waals surface area contributed by atoms with E-state index in [0.717, 1.165) is 57.6 Å². The van der Waals surface area contributed by atoms with Gasteiger partial charge in [0.15, 0.2) is 0 Å². The fourth-order valence-electron chi connectivity index (χ4n) is 3.79. The summed E-state index contributed by atoms with van der Waals surface area (Å²) in [5, 5.41) is 3.33. The maximum Gasteiger partial charge on any atom is 0.115 e. The number of hydrogen-bond donors (Lipinski definition) is 1. The van der Waals surface area contributed by atoms with Gasteiger partial charge >= 0.3 is 0 Å². The molecule has 3 saturated heterocycles. The Bertz CT molecular complexity index is 286. The van der Waals surface area contributed by atoms with E-state index in [1.807, 2.05) is 11.8 Å². The topological polar surface area (TPSA) is 21.3 Å². The van der Waals surface area contributed by atoms with Gasteiger partial charge in [-0.3, -0.25) is 0 Å². The summed E-state index contributed by atoms with van der Waals surface area (Å²) in [6.07, 6.45) is 5.42. The van der Waals surface area contributed by atoms with E-state index >= 15 is 4.39 Å². The Balaban J connectivity index is 1.70. The third-order valence-corrected chi connectivity index (χ3v) is 6.18. The van der Waals surface area contributed by atoms with Gasteiger partial charge < -0.3 is 10.1 Å². The van der Waals surface area contributed by atoms with E-state index in [4.69, 9.17) is 4.74 Å². The van der Waals surface area contributed by atoms with E-state index in [0.29, 0.717) is 6.42 Å². The molecule has 0 aliphatic carbocycles. The van der Waals surface area contributed by atoms with Crippen LogP contribution in [0.4, 0.5) is 4.39 Å². The van der Waals surface area contributed by atoms with Crippen molar-refractivity contribution in [1.82, 2.24) is 5.32 Å². The van der Waals surface area contributed by atoms with E-state index in [9.17, 15) is 0 Å². The normalized spacial score (nSPS) is 46.2. The lowest BCUT2D eigenvalue weighted by molar-refractivity contribution is -0.113. The molecule has 3 heterocycles. The van der Waals surface area contributed by atoms with E-state index in [-0.39, 0.29) is 11.5 Å². The number of thioether (sulfide) groups is 1. The highest BCUT2D eigenvalue weighted by molar-refractivity contribution is 7.99. The summed E-state index contributed by atoms with van der Waals surface area (Å²) in [5.41, 5.74) is -0.917. The van der Waals surface area contributed by atoms with Crippen LogP contribution in [0.15, 0.2) is 0 Å². The molecule has 3 atom stereocenters. The molecule has 4 heteroatoms. The van der Waals surface area contributed by atoms with Gasteiger partial charge in [0, 0.05) is 12.4 Å². The number of nitrogens with one attached hydrogen (secondary N) is 1. The largest absolute Gasteiger partial charge is 0.374 e. The van der Waals surface area contributed by atoms with E-state index in [2.05, 4.69) is 5.32 Å². The number of halogens is 1. The van der Waals surface area contributed by atoms with Gasteiger partial charge in [0.25, 0.3) is 0 Å². The molecule has 18 heavy (non-hydrogen) atoms. The zero-order valence-electron chi connectivity index (χ0n) is 11.0. The van der Waals surface area contributed by atoms with Gasteiger partial charge in [0.2, 0.25) is 0 Å². The molecule has 104 valence electrons. The SMILES string of the molecule is FC1(C2CCOC3(CCSC3)C2)CCCNCC1. The van der Waals surface area contributed by atoms with Gasteiger partial charge in [-0.05, 0) is 63.3 Å². The summed E-state index contributed by atoms with van der Waals surface area (Å²) >= 11 is 1.97. The fourth-order valence-corrected chi connectivity index (χ4v) is 5.17. The highest BCUT2D eigenvalue weighted by Crippen LogP contribution is 2.47. The second kappa shape index (κ2) is 5.29. The van der Waals surface area contributed by atoms with Crippen molar-refractivity contribution in [3.63, 3.8) is 0 Å². The zero-order valence-corrected chi connectivity index (χ0v) is 11.9. The van der Waals surface area contributed by atoms with Crippen LogP contribution in [0, 0.1) is 5.92 Å². The Kier molecular flexibility index (Phi) is 3.88. The molecular formula is C14H24FNOS. The maximum absolute atomic E-state index is 15.3. The number of rotatable bonds is 1. The first-order valence-electron chi connectivity index (χ1n) is 7.34. The van der Waals surface area contributed by atoms with Crippen LogP contribution >= 0.6 is 11.8 Å². The van der Waals surface area contributed by atoms with Gasteiger partial charge in [0.05, 0.1) is 5.60 Å². The molecule has 3 unspecified atom stereocenters. The molecule has 0 saturated carbocycles. The Hall–Kier alpha value is 0.200. The molecule has 3 aliphatic heterocycles. The average Bonchev–Trinajstić information content (AvgIpc) is 2.69. The van der Waals surface area contributed by atoms with Crippen LogP contribution in [0.1, 0.15) is 38.5 Å². The monoisotopic (exact) mass is 273 g/mol. The Morgan fingerprint density at radius 1 is 1.22 bits per heavy atom. The van der Waals surface area contributed by atoms with Crippen molar-refractivity contribution in [2.75, 3.05) is 31.2 Å². The summed E-state index contributed by atoms with van der Waals surface area (Å²) < 4.78 is 21.3. The zero-order chi connectivity index (χ0) is 12.5. The lowest BCUT2D eigenvalue weighted by Crippen LogP contribution is -2.47. The van der Waals surface area contributed by atoms with Crippen LogP contribution in [0.25, 0.3) is 0 Å². The summed E-state index contributed by atoms with van der Waals surface area (Å²) in [6.45, 7) is 2.59. The van der Waals surface area contributed by atoms with Crippen molar-refractivity contribution in [2.45, 2.75) is 49.8 Å². The quantitative estimate of drug-likeness (QED) is 0.794. The molecule has 3 fully saturated rings. The van der Waals surface area contributed by atoms with Gasteiger partial charge in [-0.25, -0.2) is 4.39 Å². The standard InChI is InChI=1S/C14H24FNOS/c15-14(3-1-6-16-7-4-14)12-2-8-17-13(10-12)5-9-18-11-13/h12,16H,1-11H2. The Morgan fingerprint density at radius 3 is 3.00 bits per heavy atom. The third kappa shape index (κ3) is 2.56. The number of hydrogen-bond acceptors (Lipinski definition) is 3. The average molecular weight is 273 g/mol. The first-order chi connectivity index (χ1) is 8.73. The summed E-state index contributed by atoms with van der Waals surface area (Å²) in [7, 11) is 0. The van der Waals surface area contributed by atoms with Crippen molar-refractivity contribution in [3.8, 4) is 0 Å².